The molecule has 1 atom stereocenters. The Hall–Kier alpha value is -0.700. The molecule has 3 heteroatoms. The Bertz CT molecular complexity index is 266. The van der Waals surface area contributed by atoms with Gasteiger partial charge in [0.1, 0.15) is 12.1 Å². The largest absolute Gasteiger partial charge is 0.298 e. The van der Waals surface area contributed by atoms with Crippen molar-refractivity contribution in [3.8, 4) is 0 Å². The van der Waals surface area contributed by atoms with Gasteiger partial charge in [0.05, 0.1) is 0 Å². The Morgan fingerprint density at radius 2 is 2.21 bits per heavy atom. The van der Waals surface area contributed by atoms with Crippen LogP contribution in [0.4, 0.5) is 4.39 Å². The molecule has 0 spiro atoms. The average molecular weight is 261 g/mol. The van der Waals surface area contributed by atoms with Crippen LogP contribution < -0.4 is 0 Å². The summed E-state index contributed by atoms with van der Waals surface area (Å²) >= 11 is 3.24. The van der Waals surface area contributed by atoms with E-state index in [0.29, 0.717) is 17.2 Å². The van der Waals surface area contributed by atoms with Crippen LogP contribution in [0.5, 0.6) is 0 Å². The molecule has 1 nitrogen and oxygen atoms in total. The van der Waals surface area contributed by atoms with Crippen LogP contribution >= 0.6 is 15.9 Å². The van der Waals surface area contributed by atoms with Crippen molar-refractivity contribution in [2.24, 2.45) is 5.92 Å². The first kappa shape index (κ1) is 13.3. The number of halogens is 2. The van der Waals surface area contributed by atoms with Gasteiger partial charge in [-0.3, -0.25) is 4.79 Å². The summed E-state index contributed by atoms with van der Waals surface area (Å²) in [4.78, 5) is 10.5. The summed E-state index contributed by atoms with van der Waals surface area (Å²) in [6, 6.07) is 0. The van der Waals surface area contributed by atoms with Crippen LogP contribution in [-0.2, 0) is 4.79 Å². The van der Waals surface area contributed by atoms with Gasteiger partial charge in [0.2, 0.25) is 0 Å². The molecule has 0 fully saturated rings. The highest BCUT2D eigenvalue weighted by Gasteiger charge is 1.98. The fourth-order valence-corrected chi connectivity index (χ4v) is 1.02. The van der Waals surface area contributed by atoms with Crippen LogP contribution in [0.1, 0.15) is 13.8 Å². The van der Waals surface area contributed by atoms with E-state index in [0.717, 1.165) is 0 Å². The van der Waals surface area contributed by atoms with E-state index in [-0.39, 0.29) is 11.7 Å². The van der Waals surface area contributed by atoms with Gasteiger partial charge in [0.15, 0.2) is 0 Å². The first-order valence-electron chi connectivity index (χ1n) is 4.36. The minimum absolute atomic E-state index is 0.116. The van der Waals surface area contributed by atoms with Crippen LogP contribution in [0.2, 0.25) is 0 Å². The lowest BCUT2D eigenvalue weighted by molar-refractivity contribution is -0.104. The summed E-state index contributed by atoms with van der Waals surface area (Å²) in [6.07, 6.45) is 6.60. The Labute approximate surface area is 92.5 Å². The standard InChI is InChI=1S/C11H14BrFO/c1-3-4-10(8-14)6-11(13)5-9(2)7-12/h3-6,8-9H,7H2,1-2H3/b4-3-,10-6+,11-5-. The molecule has 0 heterocycles. The maximum atomic E-state index is 13.2. The van der Waals surface area contributed by atoms with Crippen molar-refractivity contribution >= 4 is 22.2 Å². The van der Waals surface area contributed by atoms with Crippen molar-refractivity contribution in [1.82, 2.24) is 0 Å². The number of carbonyl (C=O) groups is 1. The van der Waals surface area contributed by atoms with Crippen molar-refractivity contribution in [3.05, 3.63) is 35.7 Å². The van der Waals surface area contributed by atoms with Crippen molar-refractivity contribution < 1.29 is 9.18 Å². The zero-order valence-corrected chi connectivity index (χ0v) is 9.92. The average Bonchev–Trinajstić information content (AvgIpc) is 2.16. The van der Waals surface area contributed by atoms with E-state index in [1.165, 1.54) is 12.2 Å². The molecule has 0 saturated carbocycles. The minimum Gasteiger partial charge on any atom is -0.298 e. The highest BCUT2D eigenvalue weighted by molar-refractivity contribution is 9.09. The van der Waals surface area contributed by atoms with Gasteiger partial charge in [0.25, 0.3) is 0 Å². The molecule has 0 N–H and O–H groups in total. The number of alkyl halides is 1. The third kappa shape index (κ3) is 5.86. The lowest BCUT2D eigenvalue weighted by atomic mass is 10.1. The molecule has 1 unspecified atom stereocenters. The predicted octanol–water partition coefficient (Wildman–Crippen LogP) is 3.57. The second-order valence-corrected chi connectivity index (χ2v) is 3.59. The number of hydrogen-bond donors (Lipinski definition) is 0. The topological polar surface area (TPSA) is 17.1 Å². The zero-order chi connectivity index (χ0) is 11.0. The van der Waals surface area contributed by atoms with E-state index in [1.807, 2.05) is 6.92 Å². The van der Waals surface area contributed by atoms with Crippen LogP contribution in [0.15, 0.2) is 35.7 Å². The second kappa shape index (κ2) is 7.68. The quantitative estimate of drug-likeness (QED) is 0.320. The molecule has 0 saturated heterocycles. The van der Waals surface area contributed by atoms with E-state index < -0.39 is 0 Å². The summed E-state index contributed by atoms with van der Waals surface area (Å²) in [6.45, 7) is 3.67. The first-order chi connectivity index (χ1) is 6.63. The highest BCUT2D eigenvalue weighted by atomic mass is 79.9. The number of hydrogen-bond acceptors (Lipinski definition) is 1. The molecule has 0 aromatic heterocycles. The number of carbonyl (C=O) groups excluding carboxylic acids is 1. The third-order valence-electron chi connectivity index (χ3n) is 1.49. The Morgan fingerprint density at radius 1 is 1.57 bits per heavy atom. The van der Waals surface area contributed by atoms with Crippen LogP contribution in [0.3, 0.4) is 0 Å². The van der Waals surface area contributed by atoms with Crippen molar-refractivity contribution in [2.75, 3.05) is 5.33 Å². The third-order valence-corrected chi connectivity index (χ3v) is 2.51. The first-order valence-corrected chi connectivity index (χ1v) is 5.49. The molecule has 0 bridgehead atoms. The van der Waals surface area contributed by atoms with Crippen LogP contribution in [-0.4, -0.2) is 11.6 Å². The molecular formula is C11H14BrFO. The second-order valence-electron chi connectivity index (χ2n) is 2.95. The van der Waals surface area contributed by atoms with Crippen molar-refractivity contribution in [2.45, 2.75) is 13.8 Å². The highest BCUT2D eigenvalue weighted by Crippen LogP contribution is 2.10. The Morgan fingerprint density at radius 3 is 2.64 bits per heavy atom. The van der Waals surface area contributed by atoms with E-state index in [2.05, 4.69) is 15.9 Å². The number of aldehydes is 1. The van der Waals surface area contributed by atoms with Gasteiger partial charge in [-0.25, -0.2) is 4.39 Å². The number of allylic oxidation sites excluding steroid dienone is 6. The molecule has 0 aromatic rings. The number of rotatable bonds is 5. The van der Waals surface area contributed by atoms with Gasteiger partial charge >= 0.3 is 0 Å². The molecule has 0 radical (unpaired) electrons. The van der Waals surface area contributed by atoms with E-state index in [1.54, 1.807) is 19.1 Å². The summed E-state index contributed by atoms with van der Waals surface area (Å²) in [5.41, 5.74) is 0.336. The maximum Gasteiger partial charge on any atom is 0.150 e. The minimum atomic E-state index is -0.378. The lowest BCUT2D eigenvalue weighted by Gasteiger charge is -1.98. The fraction of sp³-hybridized carbons (Fsp3) is 0.364. The molecular weight excluding hydrogens is 247 g/mol. The molecule has 14 heavy (non-hydrogen) atoms. The van der Waals surface area contributed by atoms with Crippen LogP contribution in [0, 0.1) is 5.92 Å². The summed E-state index contributed by atoms with van der Waals surface area (Å²) in [5.74, 6) is -0.262. The molecule has 0 aliphatic carbocycles. The summed E-state index contributed by atoms with van der Waals surface area (Å²) in [7, 11) is 0. The van der Waals surface area contributed by atoms with Crippen molar-refractivity contribution in [1.29, 1.82) is 0 Å². The molecule has 0 aliphatic heterocycles. The molecule has 78 valence electrons. The SMILES string of the molecule is C\C=C/C(C=O)=C\C(F)=C\C(C)CBr. The van der Waals surface area contributed by atoms with Crippen LogP contribution in [0.25, 0.3) is 0 Å². The molecule has 0 aromatic carbocycles. The van der Waals surface area contributed by atoms with E-state index in [9.17, 15) is 9.18 Å². The Kier molecular flexibility index (Phi) is 7.30. The monoisotopic (exact) mass is 260 g/mol. The molecule has 0 aliphatic rings. The van der Waals surface area contributed by atoms with Gasteiger partial charge in [-0.15, -0.1) is 0 Å². The van der Waals surface area contributed by atoms with Gasteiger partial charge in [-0.1, -0.05) is 35.0 Å². The summed E-state index contributed by atoms with van der Waals surface area (Å²) in [5, 5.41) is 0.703. The van der Waals surface area contributed by atoms with Gasteiger partial charge in [0, 0.05) is 10.9 Å². The zero-order valence-electron chi connectivity index (χ0n) is 8.34. The fourth-order valence-electron chi connectivity index (χ4n) is 0.838. The van der Waals surface area contributed by atoms with E-state index in [4.69, 9.17) is 0 Å². The van der Waals surface area contributed by atoms with Gasteiger partial charge in [-0.05, 0) is 25.0 Å². The van der Waals surface area contributed by atoms with Crippen molar-refractivity contribution in [3.63, 3.8) is 0 Å². The smallest absolute Gasteiger partial charge is 0.150 e. The van der Waals surface area contributed by atoms with Gasteiger partial charge < -0.3 is 0 Å². The predicted molar refractivity (Wildman–Crippen MR) is 61.1 cm³/mol. The van der Waals surface area contributed by atoms with Gasteiger partial charge in [-0.2, -0.15) is 0 Å². The van der Waals surface area contributed by atoms with E-state index >= 15 is 0 Å². The molecule has 0 amide bonds. The Balaban J connectivity index is 4.60. The molecule has 0 rings (SSSR count). The lowest BCUT2D eigenvalue weighted by Crippen LogP contribution is -1.90. The normalized spacial score (nSPS) is 16.0. The maximum absolute atomic E-state index is 13.2. The summed E-state index contributed by atoms with van der Waals surface area (Å²) < 4.78 is 13.2.